The summed E-state index contributed by atoms with van der Waals surface area (Å²) in [5.41, 5.74) is -0.0937. The molecule has 0 heterocycles. The molecule has 0 fully saturated rings. The Balaban J connectivity index is 4.86. The van der Waals surface area contributed by atoms with Gasteiger partial charge in [-0.1, -0.05) is 75.3 Å². The zero-order chi connectivity index (χ0) is 25.2. The van der Waals surface area contributed by atoms with Crippen molar-refractivity contribution in [2.45, 2.75) is 107 Å². The minimum Gasteiger partial charge on any atom is -0.462 e. The van der Waals surface area contributed by atoms with Crippen LogP contribution < -0.4 is 0 Å². The van der Waals surface area contributed by atoms with Crippen molar-refractivity contribution in [3.8, 4) is 0 Å². The van der Waals surface area contributed by atoms with Gasteiger partial charge in [0.25, 0.3) is 0 Å². The molecule has 32 heavy (non-hydrogen) atoms. The smallest absolute Gasteiger partial charge is 0.306 e. The zero-order valence-electron chi connectivity index (χ0n) is 22.6. The Kier molecular flexibility index (Phi) is 12.2. The molecule has 0 aliphatic rings. The SMILES string of the molecule is C=CC(C)(C)CC(C)(C)COCC(COC(=O)CC(C)(C)CC(C)(C)C)OC(=O)CCC. The van der Waals surface area contributed by atoms with Crippen LogP contribution in [0.4, 0.5) is 0 Å². The number of carbonyl (C=O) groups excluding carboxylic acids is 2. The van der Waals surface area contributed by atoms with E-state index in [1.807, 2.05) is 13.0 Å². The molecule has 0 bridgehead atoms. The summed E-state index contributed by atoms with van der Waals surface area (Å²) in [6.45, 7) is 25.8. The first-order chi connectivity index (χ1) is 14.4. The van der Waals surface area contributed by atoms with E-state index in [4.69, 9.17) is 14.2 Å². The van der Waals surface area contributed by atoms with Gasteiger partial charge in [-0.05, 0) is 40.9 Å². The number of hydrogen-bond donors (Lipinski definition) is 0. The fraction of sp³-hybridized carbons (Fsp3) is 0.852. The predicted molar refractivity (Wildman–Crippen MR) is 131 cm³/mol. The monoisotopic (exact) mass is 454 g/mol. The fourth-order valence-corrected chi connectivity index (χ4v) is 4.51. The molecule has 0 saturated carbocycles. The first-order valence-corrected chi connectivity index (χ1v) is 12.0. The maximum atomic E-state index is 12.5. The van der Waals surface area contributed by atoms with E-state index in [2.05, 4.69) is 68.9 Å². The van der Waals surface area contributed by atoms with Gasteiger partial charge in [-0.25, -0.2) is 0 Å². The lowest BCUT2D eigenvalue weighted by atomic mass is 9.74. The molecule has 0 aliphatic heterocycles. The van der Waals surface area contributed by atoms with Crippen LogP contribution >= 0.6 is 0 Å². The molecule has 0 amide bonds. The minimum absolute atomic E-state index is 0.00917. The lowest BCUT2D eigenvalue weighted by molar-refractivity contribution is -0.164. The molecule has 0 aromatic carbocycles. The Bertz CT molecular complexity index is 596. The average Bonchev–Trinajstić information content (AvgIpc) is 2.56. The van der Waals surface area contributed by atoms with Crippen LogP contribution in [-0.2, 0) is 23.8 Å². The highest BCUT2D eigenvalue weighted by molar-refractivity contribution is 5.70. The van der Waals surface area contributed by atoms with E-state index in [1.165, 1.54) is 0 Å². The van der Waals surface area contributed by atoms with Gasteiger partial charge in [0.05, 0.1) is 19.6 Å². The fourth-order valence-electron chi connectivity index (χ4n) is 4.51. The second-order valence-corrected chi connectivity index (χ2v) is 12.7. The van der Waals surface area contributed by atoms with Crippen molar-refractivity contribution < 1.29 is 23.8 Å². The molecule has 0 aromatic heterocycles. The molecule has 0 saturated heterocycles. The van der Waals surface area contributed by atoms with E-state index >= 15 is 0 Å². The molecular formula is C27H50O5. The summed E-state index contributed by atoms with van der Waals surface area (Å²) >= 11 is 0. The highest BCUT2D eigenvalue weighted by atomic mass is 16.6. The molecule has 0 N–H and O–H groups in total. The van der Waals surface area contributed by atoms with Crippen LogP contribution in [0.5, 0.6) is 0 Å². The number of rotatable bonds is 15. The molecule has 5 nitrogen and oxygen atoms in total. The first-order valence-electron chi connectivity index (χ1n) is 12.0. The maximum absolute atomic E-state index is 12.5. The Morgan fingerprint density at radius 3 is 1.97 bits per heavy atom. The standard InChI is InChI=1S/C27H50O5/c1-12-14-22(28)32-21(16-30-20-27(10,11)19-25(6,7)13-2)17-31-23(29)15-26(8,9)18-24(3,4)5/h13,21H,2,12,14-20H2,1,3-11H3. The highest BCUT2D eigenvalue weighted by Crippen LogP contribution is 2.36. The number of carbonyl (C=O) groups is 2. The molecule has 1 unspecified atom stereocenters. The van der Waals surface area contributed by atoms with Crippen molar-refractivity contribution in [2.24, 2.45) is 21.7 Å². The number of ether oxygens (including phenoxy) is 3. The normalized spacial score (nSPS) is 14.1. The Hall–Kier alpha value is -1.36. The number of esters is 2. The van der Waals surface area contributed by atoms with Crippen LogP contribution in [0.2, 0.25) is 0 Å². The molecule has 0 spiro atoms. The molecule has 0 radical (unpaired) electrons. The van der Waals surface area contributed by atoms with Crippen LogP contribution in [-0.4, -0.2) is 37.9 Å². The molecule has 0 aliphatic carbocycles. The van der Waals surface area contributed by atoms with Crippen LogP contribution in [0.1, 0.15) is 101 Å². The van der Waals surface area contributed by atoms with Gasteiger partial charge in [-0.15, -0.1) is 6.58 Å². The van der Waals surface area contributed by atoms with Crippen LogP contribution in [0.15, 0.2) is 12.7 Å². The summed E-state index contributed by atoms with van der Waals surface area (Å²) in [4.78, 5) is 24.5. The summed E-state index contributed by atoms with van der Waals surface area (Å²) < 4.78 is 17.0. The van der Waals surface area contributed by atoms with Gasteiger partial charge in [0.1, 0.15) is 6.61 Å². The van der Waals surface area contributed by atoms with Crippen molar-refractivity contribution >= 4 is 11.9 Å². The maximum Gasteiger partial charge on any atom is 0.306 e. The number of hydrogen-bond acceptors (Lipinski definition) is 5. The summed E-state index contributed by atoms with van der Waals surface area (Å²) in [5, 5.41) is 0. The summed E-state index contributed by atoms with van der Waals surface area (Å²) in [5.74, 6) is -0.568. The van der Waals surface area contributed by atoms with E-state index in [9.17, 15) is 9.59 Å². The van der Waals surface area contributed by atoms with Gasteiger partial charge in [0.15, 0.2) is 6.10 Å². The molecule has 188 valence electrons. The lowest BCUT2D eigenvalue weighted by Gasteiger charge is -2.33. The molecule has 0 aromatic rings. The second kappa shape index (κ2) is 12.8. The lowest BCUT2D eigenvalue weighted by Crippen LogP contribution is -2.33. The predicted octanol–water partition coefficient (Wildman–Crippen LogP) is 6.74. The topological polar surface area (TPSA) is 61.8 Å². The van der Waals surface area contributed by atoms with E-state index < -0.39 is 6.10 Å². The molecule has 1 atom stereocenters. The van der Waals surface area contributed by atoms with Gasteiger partial charge in [-0.2, -0.15) is 0 Å². The van der Waals surface area contributed by atoms with Crippen molar-refractivity contribution in [3.63, 3.8) is 0 Å². The van der Waals surface area contributed by atoms with Crippen molar-refractivity contribution in [1.82, 2.24) is 0 Å². The quantitative estimate of drug-likeness (QED) is 0.202. The zero-order valence-corrected chi connectivity index (χ0v) is 22.6. The van der Waals surface area contributed by atoms with Crippen LogP contribution in [0.3, 0.4) is 0 Å². The summed E-state index contributed by atoms with van der Waals surface area (Å²) in [6, 6.07) is 0. The first kappa shape index (κ1) is 30.6. The van der Waals surface area contributed by atoms with Gasteiger partial charge in [0, 0.05) is 6.42 Å². The Morgan fingerprint density at radius 1 is 0.875 bits per heavy atom. The summed E-state index contributed by atoms with van der Waals surface area (Å²) in [6.07, 6.45) is 4.55. The van der Waals surface area contributed by atoms with Gasteiger partial charge < -0.3 is 14.2 Å². The molecule has 5 heteroatoms. The third kappa shape index (κ3) is 15.4. The van der Waals surface area contributed by atoms with Gasteiger partial charge in [0.2, 0.25) is 0 Å². The van der Waals surface area contributed by atoms with E-state index in [1.54, 1.807) is 0 Å². The van der Waals surface area contributed by atoms with Crippen LogP contribution in [0, 0.1) is 21.7 Å². The molecule has 0 rings (SSSR count). The van der Waals surface area contributed by atoms with Crippen molar-refractivity contribution in [2.75, 3.05) is 19.8 Å². The largest absolute Gasteiger partial charge is 0.462 e. The average molecular weight is 455 g/mol. The summed E-state index contributed by atoms with van der Waals surface area (Å²) in [7, 11) is 0. The van der Waals surface area contributed by atoms with Crippen molar-refractivity contribution in [3.05, 3.63) is 12.7 Å². The third-order valence-corrected chi connectivity index (χ3v) is 5.10. The van der Waals surface area contributed by atoms with E-state index in [0.29, 0.717) is 25.9 Å². The number of allylic oxidation sites excluding steroid dienone is 1. The van der Waals surface area contributed by atoms with Gasteiger partial charge in [-0.3, -0.25) is 9.59 Å². The van der Waals surface area contributed by atoms with E-state index in [0.717, 1.165) is 12.8 Å². The third-order valence-electron chi connectivity index (χ3n) is 5.10. The molecular weight excluding hydrogens is 404 g/mol. The van der Waals surface area contributed by atoms with E-state index in [-0.39, 0.29) is 46.8 Å². The highest BCUT2D eigenvalue weighted by Gasteiger charge is 2.30. The second-order valence-electron chi connectivity index (χ2n) is 12.7. The van der Waals surface area contributed by atoms with Crippen LogP contribution in [0.25, 0.3) is 0 Å². The van der Waals surface area contributed by atoms with Gasteiger partial charge >= 0.3 is 11.9 Å². The minimum atomic E-state index is -0.605. The van der Waals surface area contributed by atoms with Crippen molar-refractivity contribution in [1.29, 1.82) is 0 Å². The Labute approximate surface area is 197 Å². The Morgan fingerprint density at radius 2 is 1.47 bits per heavy atom.